The summed E-state index contributed by atoms with van der Waals surface area (Å²) < 4.78 is 5.12. The Morgan fingerprint density at radius 2 is 2.21 bits per heavy atom. The summed E-state index contributed by atoms with van der Waals surface area (Å²) in [5, 5.41) is 3.28. The number of rotatable bonds is 3. The number of nitrogens with two attached hydrogens (primary N) is 1. The number of hydrogen-bond donors (Lipinski definition) is 2. The molecule has 19 heavy (non-hydrogen) atoms. The molecule has 0 unspecified atom stereocenters. The van der Waals surface area contributed by atoms with Crippen LogP contribution in [-0.4, -0.2) is 25.2 Å². The number of hydrogen-bond acceptors (Lipinski definition) is 3. The largest absolute Gasteiger partial charge is 0.369 e. The standard InChI is InChI=1S/C14H17ClN2O2/c1-14(2,19-3)13(18)17-12-9-11(15)7-6-10(12)5-4-8-16/h6-7,9H,8,16H2,1-3H3,(H,17,18). The molecule has 0 aromatic heterocycles. The molecular weight excluding hydrogens is 264 g/mol. The number of amides is 1. The van der Waals surface area contributed by atoms with Crippen LogP contribution in [0.25, 0.3) is 0 Å². The van der Waals surface area contributed by atoms with Crippen LogP contribution in [0.3, 0.4) is 0 Å². The minimum atomic E-state index is -0.930. The molecule has 0 saturated carbocycles. The number of methoxy groups -OCH3 is 1. The van der Waals surface area contributed by atoms with Gasteiger partial charge >= 0.3 is 0 Å². The zero-order valence-electron chi connectivity index (χ0n) is 11.2. The van der Waals surface area contributed by atoms with E-state index in [0.29, 0.717) is 16.3 Å². The molecule has 0 heterocycles. The molecule has 0 spiro atoms. The highest BCUT2D eigenvalue weighted by Crippen LogP contribution is 2.22. The van der Waals surface area contributed by atoms with Crippen molar-refractivity contribution in [2.24, 2.45) is 5.73 Å². The van der Waals surface area contributed by atoms with Crippen LogP contribution in [0, 0.1) is 11.8 Å². The Balaban J connectivity index is 3.06. The average Bonchev–Trinajstić information content (AvgIpc) is 2.37. The van der Waals surface area contributed by atoms with Crippen molar-refractivity contribution in [2.45, 2.75) is 19.4 Å². The first-order valence-electron chi connectivity index (χ1n) is 5.76. The molecule has 5 heteroatoms. The highest BCUT2D eigenvalue weighted by molar-refractivity contribution is 6.31. The Morgan fingerprint density at radius 1 is 1.53 bits per heavy atom. The number of anilines is 1. The molecule has 0 saturated heterocycles. The molecule has 3 N–H and O–H groups in total. The molecule has 4 nitrogen and oxygen atoms in total. The maximum atomic E-state index is 12.1. The van der Waals surface area contributed by atoms with E-state index in [0.717, 1.165) is 0 Å². The lowest BCUT2D eigenvalue weighted by Crippen LogP contribution is -2.39. The molecule has 102 valence electrons. The van der Waals surface area contributed by atoms with E-state index in [2.05, 4.69) is 17.2 Å². The van der Waals surface area contributed by atoms with Gasteiger partial charge in [0.05, 0.1) is 12.2 Å². The van der Waals surface area contributed by atoms with Crippen molar-refractivity contribution in [3.63, 3.8) is 0 Å². The lowest BCUT2D eigenvalue weighted by molar-refractivity contribution is -0.133. The Labute approximate surface area is 118 Å². The molecule has 0 atom stereocenters. The molecular formula is C14H17ClN2O2. The van der Waals surface area contributed by atoms with Crippen molar-refractivity contribution < 1.29 is 9.53 Å². The summed E-state index contributed by atoms with van der Waals surface area (Å²) in [6.45, 7) is 3.61. The molecule has 0 radical (unpaired) electrons. The van der Waals surface area contributed by atoms with Gasteiger partial charge in [-0.2, -0.15) is 0 Å². The maximum Gasteiger partial charge on any atom is 0.256 e. The van der Waals surface area contributed by atoms with E-state index in [9.17, 15) is 4.79 Å². The molecule has 1 rings (SSSR count). The summed E-state index contributed by atoms with van der Waals surface area (Å²) in [4.78, 5) is 12.1. The first-order chi connectivity index (χ1) is 8.90. The second-order valence-corrected chi connectivity index (χ2v) is 4.80. The van der Waals surface area contributed by atoms with Crippen LogP contribution in [0.4, 0.5) is 5.69 Å². The fraction of sp³-hybridized carbons (Fsp3) is 0.357. The van der Waals surface area contributed by atoms with Crippen molar-refractivity contribution in [1.82, 2.24) is 0 Å². The molecule has 1 amide bonds. The number of halogens is 1. The number of nitrogens with one attached hydrogen (secondary N) is 1. The van der Waals surface area contributed by atoms with Gasteiger partial charge < -0.3 is 15.8 Å². The van der Waals surface area contributed by atoms with Crippen LogP contribution in [0.2, 0.25) is 5.02 Å². The predicted octanol–water partition coefficient (Wildman–Crippen LogP) is 2.01. The van der Waals surface area contributed by atoms with E-state index in [1.165, 1.54) is 7.11 Å². The van der Waals surface area contributed by atoms with Gasteiger partial charge in [0.25, 0.3) is 5.91 Å². The number of carbonyl (C=O) groups is 1. The summed E-state index contributed by atoms with van der Waals surface area (Å²) in [6.07, 6.45) is 0. The number of carbonyl (C=O) groups excluding carboxylic acids is 1. The lowest BCUT2D eigenvalue weighted by atomic mass is 10.1. The van der Waals surface area contributed by atoms with Crippen molar-refractivity contribution in [1.29, 1.82) is 0 Å². The third-order valence-electron chi connectivity index (χ3n) is 2.61. The van der Waals surface area contributed by atoms with E-state index in [1.807, 2.05) is 0 Å². The molecule has 0 aliphatic carbocycles. The normalized spacial score (nSPS) is 10.6. The van der Waals surface area contributed by atoms with Crippen molar-refractivity contribution in [3.05, 3.63) is 28.8 Å². The van der Waals surface area contributed by atoms with Gasteiger partial charge in [0.15, 0.2) is 0 Å². The molecule has 1 aromatic rings. The van der Waals surface area contributed by atoms with Gasteiger partial charge in [0, 0.05) is 17.7 Å². The summed E-state index contributed by atoms with van der Waals surface area (Å²) >= 11 is 5.93. The molecule has 0 fully saturated rings. The second kappa shape index (κ2) is 6.58. The number of benzene rings is 1. The first-order valence-corrected chi connectivity index (χ1v) is 6.13. The van der Waals surface area contributed by atoms with Crippen LogP contribution >= 0.6 is 11.6 Å². The quantitative estimate of drug-likeness (QED) is 0.833. The van der Waals surface area contributed by atoms with E-state index < -0.39 is 5.60 Å². The molecule has 0 aliphatic heterocycles. The maximum absolute atomic E-state index is 12.1. The third-order valence-corrected chi connectivity index (χ3v) is 2.85. The van der Waals surface area contributed by atoms with Gasteiger partial charge in [-0.3, -0.25) is 4.79 Å². The first kappa shape index (κ1) is 15.5. The summed E-state index contributed by atoms with van der Waals surface area (Å²) in [5.41, 5.74) is 5.62. The topological polar surface area (TPSA) is 64.3 Å². The van der Waals surface area contributed by atoms with Gasteiger partial charge in [0.2, 0.25) is 0 Å². The zero-order valence-corrected chi connectivity index (χ0v) is 12.0. The van der Waals surface area contributed by atoms with Gasteiger partial charge in [0.1, 0.15) is 5.60 Å². The van der Waals surface area contributed by atoms with Gasteiger partial charge in [-0.25, -0.2) is 0 Å². The van der Waals surface area contributed by atoms with E-state index in [1.54, 1.807) is 32.0 Å². The zero-order chi connectivity index (χ0) is 14.5. The summed E-state index contributed by atoms with van der Waals surface area (Å²) in [7, 11) is 1.48. The fourth-order valence-electron chi connectivity index (χ4n) is 1.24. The lowest BCUT2D eigenvalue weighted by Gasteiger charge is -2.22. The SMILES string of the molecule is COC(C)(C)C(=O)Nc1cc(Cl)ccc1C#CCN. The van der Waals surface area contributed by atoms with E-state index >= 15 is 0 Å². The second-order valence-electron chi connectivity index (χ2n) is 4.36. The number of ether oxygens (including phenoxy) is 1. The predicted molar refractivity (Wildman–Crippen MR) is 77.1 cm³/mol. The Hall–Kier alpha value is -1.54. The third kappa shape index (κ3) is 4.25. The van der Waals surface area contributed by atoms with Gasteiger partial charge in [-0.05, 0) is 32.0 Å². The van der Waals surface area contributed by atoms with Crippen LogP contribution in [0.5, 0.6) is 0 Å². The van der Waals surface area contributed by atoms with Gasteiger partial charge in [-0.15, -0.1) is 0 Å². The smallest absolute Gasteiger partial charge is 0.256 e. The Bertz CT molecular complexity index is 530. The molecule has 0 bridgehead atoms. The highest BCUT2D eigenvalue weighted by atomic mass is 35.5. The van der Waals surface area contributed by atoms with E-state index in [4.69, 9.17) is 22.1 Å². The summed E-state index contributed by atoms with van der Waals surface area (Å²) in [6, 6.07) is 5.09. The van der Waals surface area contributed by atoms with E-state index in [-0.39, 0.29) is 12.5 Å². The van der Waals surface area contributed by atoms with Crippen LogP contribution in [-0.2, 0) is 9.53 Å². The Kier molecular flexibility index (Phi) is 5.37. The monoisotopic (exact) mass is 280 g/mol. The van der Waals surface area contributed by atoms with Crippen molar-refractivity contribution in [2.75, 3.05) is 19.0 Å². The Morgan fingerprint density at radius 3 is 2.79 bits per heavy atom. The molecule has 0 aliphatic rings. The molecule has 1 aromatic carbocycles. The van der Waals surface area contributed by atoms with Crippen LogP contribution < -0.4 is 11.1 Å². The van der Waals surface area contributed by atoms with Crippen LogP contribution in [0.1, 0.15) is 19.4 Å². The highest BCUT2D eigenvalue weighted by Gasteiger charge is 2.27. The van der Waals surface area contributed by atoms with Crippen LogP contribution in [0.15, 0.2) is 18.2 Å². The minimum absolute atomic E-state index is 0.250. The summed E-state index contributed by atoms with van der Waals surface area (Å²) in [5.74, 6) is 5.36. The average molecular weight is 281 g/mol. The minimum Gasteiger partial charge on any atom is -0.369 e. The van der Waals surface area contributed by atoms with Gasteiger partial charge in [-0.1, -0.05) is 23.4 Å². The fourth-order valence-corrected chi connectivity index (χ4v) is 1.41. The van der Waals surface area contributed by atoms with Crippen molar-refractivity contribution >= 4 is 23.2 Å². The van der Waals surface area contributed by atoms with Crippen molar-refractivity contribution in [3.8, 4) is 11.8 Å².